The van der Waals surface area contributed by atoms with Gasteiger partial charge in [-0.15, -0.1) is 0 Å². The number of halogens is 1. The van der Waals surface area contributed by atoms with Crippen LogP contribution in [0.4, 0.5) is 20.7 Å². The fraction of sp³-hybridized carbons (Fsp3) is 0.148. The van der Waals surface area contributed by atoms with Crippen LogP contribution < -0.4 is 20.9 Å². The van der Waals surface area contributed by atoms with Crippen molar-refractivity contribution in [3.05, 3.63) is 94.9 Å². The summed E-state index contributed by atoms with van der Waals surface area (Å²) in [5.74, 6) is 0.192. The Balaban J connectivity index is 1.34. The fourth-order valence-corrected chi connectivity index (χ4v) is 3.67. The number of hydrogen-bond donors (Lipinski definition) is 3. The number of aromatic nitrogens is 5. The summed E-state index contributed by atoms with van der Waals surface area (Å²) in [6, 6.07) is 16.1. The van der Waals surface area contributed by atoms with Gasteiger partial charge in [0.05, 0.1) is 23.3 Å². The maximum absolute atomic E-state index is 14.9. The molecular formula is C27H24FN7O3. The number of ether oxygens (including phenoxy) is 1. The molecule has 5 rings (SSSR count). The van der Waals surface area contributed by atoms with E-state index >= 15 is 0 Å². The SMILES string of the molecule is CC(C)(C)c1cc(NC(=O)Nc2ccc(Oc3ccnc4[nH]c(=O)cnc34)cc2F)n(-c2ccccc2)n1. The van der Waals surface area contributed by atoms with Crippen LogP contribution in [0.25, 0.3) is 16.9 Å². The van der Waals surface area contributed by atoms with Crippen LogP contribution in [0.5, 0.6) is 11.5 Å². The van der Waals surface area contributed by atoms with E-state index in [1.807, 2.05) is 51.1 Å². The van der Waals surface area contributed by atoms with Crippen LogP contribution in [0.3, 0.4) is 0 Å². The largest absolute Gasteiger partial charge is 0.455 e. The van der Waals surface area contributed by atoms with Gasteiger partial charge in [0.25, 0.3) is 5.56 Å². The van der Waals surface area contributed by atoms with E-state index in [-0.39, 0.29) is 28.2 Å². The highest BCUT2D eigenvalue weighted by molar-refractivity contribution is 5.99. The Kier molecular flexibility index (Phi) is 6.33. The minimum Gasteiger partial charge on any atom is -0.455 e. The zero-order valence-corrected chi connectivity index (χ0v) is 20.8. The number of nitrogens with one attached hydrogen (secondary N) is 3. The fourth-order valence-electron chi connectivity index (χ4n) is 3.67. The molecule has 0 aliphatic rings. The van der Waals surface area contributed by atoms with Crippen LogP contribution in [0.15, 0.2) is 77.9 Å². The maximum atomic E-state index is 14.9. The molecule has 3 aromatic heterocycles. The molecule has 0 bridgehead atoms. The molecule has 10 nitrogen and oxygen atoms in total. The molecule has 0 aliphatic carbocycles. The molecule has 3 N–H and O–H groups in total. The van der Waals surface area contributed by atoms with Gasteiger partial charge in [0, 0.05) is 29.8 Å². The zero-order chi connectivity index (χ0) is 26.9. The summed E-state index contributed by atoms with van der Waals surface area (Å²) in [5, 5.41) is 9.95. The van der Waals surface area contributed by atoms with E-state index in [1.165, 1.54) is 18.3 Å². The summed E-state index contributed by atoms with van der Waals surface area (Å²) < 4.78 is 22.3. The Morgan fingerprint density at radius 2 is 1.82 bits per heavy atom. The number of carbonyl (C=O) groups is 1. The van der Waals surface area contributed by atoms with Crippen LogP contribution in [0, 0.1) is 5.82 Å². The standard InChI is InChI=1S/C27H24FN7O3/c1-27(2,3)21-14-22(35(34-21)16-7-5-4-6-8-16)32-26(37)31-19-10-9-17(13-18(19)28)38-20-11-12-29-25-24(20)30-15-23(36)33-25/h4-15H,1-3H3,(H,29,33,36)(H2,31,32,37). The summed E-state index contributed by atoms with van der Waals surface area (Å²) in [6.45, 7) is 6.08. The lowest BCUT2D eigenvalue weighted by Crippen LogP contribution is -2.21. The van der Waals surface area contributed by atoms with Crippen LogP contribution in [-0.2, 0) is 5.41 Å². The number of nitrogens with zero attached hydrogens (tertiary/aromatic N) is 4. The van der Waals surface area contributed by atoms with E-state index in [1.54, 1.807) is 16.8 Å². The predicted octanol–water partition coefficient (Wildman–Crippen LogP) is 5.38. The molecular weight excluding hydrogens is 489 g/mol. The van der Waals surface area contributed by atoms with Crippen molar-refractivity contribution in [1.82, 2.24) is 24.7 Å². The second-order valence-corrected chi connectivity index (χ2v) is 9.49. The number of urea groups is 1. The van der Waals surface area contributed by atoms with Crippen molar-refractivity contribution in [3.8, 4) is 17.2 Å². The first-order valence-electron chi connectivity index (χ1n) is 11.7. The number of carbonyl (C=O) groups excluding carboxylic acids is 1. The van der Waals surface area contributed by atoms with E-state index in [9.17, 15) is 14.0 Å². The summed E-state index contributed by atoms with van der Waals surface area (Å²) >= 11 is 0. The van der Waals surface area contributed by atoms with E-state index in [0.29, 0.717) is 11.3 Å². The van der Waals surface area contributed by atoms with Crippen LogP contribution in [0.2, 0.25) is 0 Å². The number of anilines is 2. The Hall–Kier alpha value is -5.06. The third-order valence-corrected chi connectivity index (χ3v) is 5.58. The monoisotopic (exact) mass is 513 g/mol. The second-order valence-electron chi connectivity index (χ2n) is 9.49. The number of amides is 2. The van der Waals surface area contributed by atoms with Gasteiger partial charge >= 0.3 is 6.03 Å². The van der Waals surface area contributed by atoms with E-state index in [4.69, 9.17) is 4.74 Å². The second kappa shape index (κ2) is 9.77. The van der Waals surface area contributed by atoms with Crippen molar-refractivity contribution in [3.63, 3.8) is 0 Å². The number of fused-ring (bicyclic) bond motifs is 1. The predicted molar refractivity (Wildman–Crippen MR) is 142 cm³/mol. The van der Waals surface area contributed by atoms with Crippen molar-refractivity contribution in [2.24, 2.45) is 0 Å². The normalized spacial score (nSPS) is 11.4. The van der Waals surface area contributed by atoms with Crippen LogP contribution in [-0.4, -0.2) is 30.8 Å². The summed E-state index contributed by atoms with van der Waals surface area (Å²) in [4.78, 5) is 35.0. The molecule has 0 radical (unpaired) electrons. The van der Waals surface area contributed by atoms with Gasteiger partial charge in [0.2, 0.25) is 0 Å². The number of benzene rings is 2. The van der Waals surface area contributed by atoms with Gasteiger partial charge in [0.1, 0.15) is 22.9 Å². The average Bonchev–Trinajstić information content (AvgIpc) is 3.30. The lowest BCUT2D eigenvalue weighted by Gasteiger charge is -2.14. The van der Waals surface area contributed by atoms with Crippen molar-refractivity contribution in [2.75, 3.05) is 10.6 Å². The Bertz CT molecular complexity index is 1690. The first-order valence-corrected chi connectivity index (χ1v) is 11.7. The molecule has 3 heterocycles. The summed E-state index contributed by atoms with van der Waals surface area (Å²) in [6.07, 6.45) is 2.55. The number of rotatable bonds is 5. The highest BCUT2D eigenvalue weighted by atomic mass is 19.1. The summed E-state index contributed by atoms with van der Waals surface area (Å²) in [5.41, 5.74) is 1.43. The maximum Gasteiger partial charge on any atom is 0.324 e. The van der Waals surface area contributed by atoms with Crippen LogP contribution >= 0.6 is 0 Å². The number of para-hydroxylation sites is 1. The molecule has 11 heteroatoms. The molecule has 0 unspecified atom stereocenters. The molecule has 2 aromatic carbocycles. The number of hydrogen-bond acceptors (Lipinski definition) is 6. The van der Waals surface area contributed by atoms with Gasteiger partial charge in [-0.2, -0.15) is 5.10 Å². The molecule has 0 aliphatic heterocycles. The van der Waals surface area contributed by atoms with Crippen molar-refractivity contribution < 1.29 is 13.9 Å². The van der Waals surface area contributed by atoms with Gasteiger partial charge in [0.15, 0.2) is 11.4 Å². The van der Waals surface area contributed by atoms with Crippen molar-refractivity contribution >= 4 is 28.7 Å². The molecule has 0 saturated heterocycles. The molecule has 0 saturated carbocycles. The lowest BCUT2D eigenvalue weighted by atomic mass is 9.92. The molecule has 2 amide bonds. The van der Waals surface area contributed by atoms with Gasteiger partial charge in [-0.25, -0.2) is 23.8 Å². The highest BCUT2D eigenvalue weighted by Gasteiger charge is 2.22. The van der Waals surface area contributed by atoms with E-state index in [0.717, 1.165) is 23.6 Å². The molecule has 0 fully saturated rings. The average molecular weight is 514 g/mol. The van der Waals surface area contributed by atoms with Gasteiger partial charge in [-0.1, -0.05) is 39.0 Å². The molecule has 0 spiro atoms. The first kappa shape index (κ1) is 24.6. The third kappa shape index (κ3) is 5.21. The Morgan fingerprint density at radius 3 is 2.55 bits per heavy atom. The Morgan fingerprint density at radius 1 is 1.03 bits per heavy atom. The minimum atomic E-state index is -0.704. The summed E-state index contributed by atoms with van der Waals surface area (Å²) in [7, 11) is 0. The lowest BCUT2D eigenvalue weighted by molar-refractivity contribution is 0.262. The smallest absolute Gasteiger partial charge is 0.324 e. The van der Waals surface area contributed by atoms with Gasteiger partial charge in [-0.3, -0.25) is 10.1 Å². The topological polar surface area (TPSA) is 127 Å². The van der Waals surface area contributed by atoms with Crippen molar-refractivity contribution in [2.45, 2.75) is 26.2 Å². The highest BCUT2D eigenvalue weighted by Crippen LogP contribution is 2.29. The quantitative estimate of drug-likeness (QED) is 0.290. The number of pyridine rings is 1. The minimum absolute atomic E-state index is 0.0429. The molecule has 192 valence electrons. The van der Waals surface area contributed by atoms with Crippen LogP contribution in [0.1, 0.15) is 26.5 Å². The van der Waals surface area contributed by atoms with E-state index < -0.39 is 17.4 Å². The number of aromatic amines is 1. The molecule has 0 atom stereocenters. The number of H-pyrrole nitrogens is 1. The Labute approximate surface area is 216 Å². The van der Waals surface area contributed by atoms with E-state index in [2.05, 4.69) is 30.7 Å². The first-order chi connectivity index (χ1) is 18.2. The zero-order valence-electron chi connectivity index (χ0n) is 20.8. The van der Waals surface area contributed by atoms with Gasteiger partial charge < -0.3 is 15.0 Å². The molecule has 5 aromatic rings. The third-order valence-electron chi connectivity index (χ3n) is 5.58. The van der Waals surface area contributed by atoms with Gasteiger partial charge in [-0.05, 0) is 24.3 Å². The van der Waals surface area contributed by atoms with Crippen molar-refractivity contribution in [1.29, 1.82) is 0 Å². The molecule has 38 heavy (non-hydrogen) atoms.